The van der Waals surface area contributed by atoms with Gasteiger partial charge in [-0.05, 0) is 38.4 Å². The average Bonchev–Trinajstić information content (AvgIpc) is 3.04. The number of fused-ring (bicyclic) bond motifs is 2. The third kappa shape index (κ3) is 3.16. The number of benzene rings is 2. The molecule has 2 aromatic heterocycles. The third-order valence-electron chi connectivity index (χ3n) is 4.04. The van der Waals surface area contributed by atoms with Crippen LogP contribution in [-0.2, 0) is 0 Å². The second-order valence-electron chi connectivity index (χ2n) is 6.24. The number of para-hydroxylation sites is 4. The van der Waals surface area contributed by atoms with Crippen LogP contribution in [0.1, 0.15) is 0 Å². The van der Waals surface area contributed by atoms with Crippen LogP contribution in [0.25, 0.3) is 33.6 Å². The fourth-order valence-electron chi connectivity index (χ4n) is 2.75. The highest BCUT2D eigenvalue weighted by molar-refractivity contribution is 5.85. The maximum atomic E-state index is 4.81. The molecular weight excluding hydrogens is 312 g/mol. The van der Waals surface area contributed by atoms with Crippen molar-refractivity contribution in [3.63, 3.8) is 0 Å². The molecule has 0 saturated heterocycles. The minimum atomic E-state index is 0.729. The van der Waals surface area contributed by atoms with E-state index in [0.717, 1.165) is 52.5 Å². The quantitative estimate of drug-likeness (QED) is 0.587. The lowest BCUT2D eigenvalue weighted by Crippen LogP contribution is -2.21. The third-order valence-corrected chi connectivity index (χ3v) is 4.04. The number of H-pyrrole nitrogens is 1. The van der Waals surface area contributed by atoms with E-state index < -0.39 is 0 Å². The molecule has 0 atom stereocenters. The molecule has 0 bridgehead atoms. The van der Waals surface area contributed by atoms with E-state index in [2.05, 4.69) is 20.2 Å². The van der Waals surface area contributed by atoms with Crippen LogP contribution in [-0.4, -0.2) is 52.0 Å². The first-order valence-corrected chi connectivity index (χ1v) is 8.31. The van der Waals surface area contributed by atoms with Crippen molar-refractivity contribution in [1.82, 2.24) is 24.8 Å². The summed E-state index contributed by atoms with van der Waals surface area (Å²) in [7, 11) is 4.10. The summed E-state index contributed by atoms with van der Waals surface area (Å²) in [5, 5.41) is 3.40. The van der Waals surface area contributed by atoms with Crippen LogP contribution in [0.5, 0.6) is 0 Å². The fourth-order valence-corrected chi connectivity index (χ4v) is 2.75. The molecule has 0 spiro atoms. The Morgan fingerprint density at radius 3 is 2.28 bits per heavy atom. The number of hydrogen-bond donors (Lipinski definition) is 2. The molecule has 4 aromatic rings. The Kier molecular flexibility index (Phi) is 4.03. The molecule has 0 fully saturated rings. The van der Waals surface area contributed by atoms with E-state index in [-0.39, 0.29) is 0 Å². The Balaban J connectivity index is 1.81. The number of aromatic nitrogens is 4. The molecule has 0 saturated carbocycles. The number of aromatic amines is 1. The summed E-state index contributed by atoms with van der Waals surface area (Å²) in [5.41, 5.74) is 4.39. The van der Waals surface area contributed by atoms with Gasteiger partial charge >= 0.3 is 0 Å². The van der Waals surface area contributed by atoms with Gasteiger partial charge in [0.1, 0.15) is 5.69 Å². The summed E-state index contributed by atoms with van der Waals surface area (Å²) in [5.74, 6) is 1.48. The van der Waals surface area contributed by atoms with Gasteiger partial charge in [0.05, 0.1) is 22.1 Å². The monoisotopic (exact) mass is 332 g/mol. The Bertz CT molecular complexity index is 988. The van der Waals surface area contributed by atoms with Gasteiger partial charge in [-0.1, -0.05) is 24.3 Å². The Hall–Kier alpha value is -2.99. The van der Waals surface area contributed by atoms with Crippen LogP contribution < -0.4 is 5.32 Å². The fraction of sp³-hybridized carbons (Fsp3) is 0.211. The lowest BCUT2D eigenvalue weighted by molar-refractivity contribution is 0.425. The van der Waals surface area contributed by atoms with Gasteiger partial charge in [0.15, 0.2) is 11.6 Å². The molecule has 0 amide bonds. The van der Waals surface area contributed by atoms with E-state index in [9.17, 15) is 0 Å². The number of rotatable bonds is 5. The number of imidazole rings is 1. The number of anilines is 1. The van der Waals surface area contributed by atoms with Gasteiger partial charge in [0.2, 0.25) is 0 Å². The van der Waals surface area contributed by atoms with Crippen LogP contribution >= 0.6 is 0 Å². The molecule has 4 rings (SSSR count). The first kappa shape index (κ1) is 15.5. The van der Waals surface area contributed by atoms with Gasteiger partial charge in [0, 0.05) is 13.1 Å². The number of nitrogens with one attached hydrogen (secondary N) is 2. The summed E-state index contributed by atoms with van der Waals surface area (Å²) in [6.45, 7) is 1.70. The van der Waals surface area contributed by atoms with Crippen LogP contribution in [0.15, 0.2) is 48.5 Å². The van der Waals surface area contributed by atoms with Gasteiger partial charge in [-0.2, -0.15) is 0 Å². The van der Waals surface area contributed by atoms with Crippen molar-refractivity contribution in [2.45, 2.75) is 0 Å². The zero-order valence-corrected chi connectivity index (χ0v) is 14.3. The molecule has 2 aromatic carbocycles. The number of hydrogen-bond acceptors (Lipinski definition) is 5. The summed E-state index contributed by atoms with van der Waals surface area (Å²) in [4.78, 5) is 19.7. The molecule has 126 valence electrons. The standard InChI is InChI=1S/C19H20N6/c1-25(2)12-11-20-18-17(21-13-7-3-4-8-14(13)22-18)19-23-15-9-5-6-10-16(15)24-19/h3-10H,11-12H2,1-2H3,(H,20,22)(H,23,24). The summed E-state index contributed by atoms with van der Waals surface area (Å²) < 4.78 is 0. The predicted octanol–water partition coefficient (Wildman–Crippen LogP) is 3.15. The predicted molar refractivity (Wildman–Crippen MR) is 102 cm³/mol. The second kappa shape index (κ2) is 6.49. The molecule has 6 nitrogen and oxygen atoms in total. The van der Waals surface area contributed by atoms with Crippen molar-refractivity contribution in [2.24, 2.45) is 0 Å². The molecule has 2 N–H and O–H groups in total. The number of nitrogens with zero attached hydrogens (tertiary/aromatic N) is 4. The van der Waals surface area contributed by atoms with E-state index >= 15 is 0 Å². The summed E-state index contributed by atoms with van der Waals surface area (Å²) in [6, 6.07) is 15.9. The molecule has 25 heavy (non-hydrogen) atoms. The van der Waals surface area contributed by atoms with E-state index in [4.69, 9.17) is 9.97 Å². The minimum absolute atomic E-state index is 0.729. The van der Waals surface area contributed by atoms with Gasteiger partial charge in [-0.15, -0.1) is 0 Å². The highest BCUT2D eigenvalue weighted by Gasteiger charge is 2.14. The largest absolute Gasteiger partial charge is 0.367 e. The maximum absolute atomic E-state index is 4.81. The Morgan fingerprint density at radius 2 is 1.56 bits per heavy atom. The zero-order chi connectivity index (χ0) is 17.2. The van der Waals surface area contributed by atoms with Crippen molar-refractivity contribution in [3.05, 3.63) is 48.5 Å². The van der Waals surface area contributed by atoms with E-state index in [1.165, 1.54) is 0 Å². The van der Waals surface area contributed by atoms with Gasteiger partial charge in [-0.25, -0.2) is 15.0 Å². The first-order valence-electron chi connectivity index (χ1n) is 8.31. The second-order valence-corrected chi connectivity index (χ2v) is 6.24. The molecule has 0 unspecified atom stereocenters. The topological polar surface area (TPSA) is 69.7 Å². The van der Waals surface area contributed by atoms with Gasteiger partial charge in [0.25, 0.3) is 0 Å². The molecule has 0 aliphatic heterocycles. The Morgan fingerprint density at radius 1 is 0.880 bits per heavy atom. The smallest absolute Gasteiger partial charge is 0.161 e. The van der Waals surface area contributed by atoms with Crippen molar-refractivity contribution < 1.29 is 0 Å². The number of likely N-dealkylation sites (N-methyl/N-ethyl adjacent to an activating group) is 1. The van der Waals surface area contributed by atoms with Crippen molar-refractivity contribution in [2.75, 3.05) is 32.5 Å². The summed E-state index contributed by atoms with van der Waals surface area (Å²) >= 11 is 0. The van der Waals surface area contributed by atoms with Gasteiger partial charge in [-0.3, -0.25) is 0 Å². The van der Waals surface area contributed by atoms with Crippen LogP contribution in [0.2, 0.25) is 0 Å². The van der Waals surface area contributed by atoms with E-state index in [0.29, 0.717) is 0 Å². The highest BCUT2D eigenvalue weighted by atomic mass is 15.1. The molecule has 0 aliphatic rings. The molecule has 6 heteroatoms. The van der Waals surface area contributed by atoms with Gasteiger partial charge < -0.3 is 15.2 Å². The SMILES string of the molecule is CN(C)CCNc1nc2ccccc2nc1-c1nc2ccccc2[nH]1. The zero-order valence-electron chi connectivity index (χ0n) is 14.3. The van der Waals surface area contributed by atoms with Crippen molar-refractivity contribution >= 4 is 27.9 Å². The lowest BCUT2D eigenvalue weighted by atomic mass is 10.2. The maximum Gasteiger partial charge on any atom is 0.161 e. The van der Waals surface area contributed by atoms with Crippen LogP contribution in [0, 0.1) is 0 Å². The lowest BCUT2D eigenvalue weighted by Gasteiger charge is -2.13. The van der Waals surface area contributed by atoms with E-state index in [1.54, 1.807) is 0 Å². The van der Waals surface area contributed by atoms with Crippen LogP contribution in [0.4, 0.5) is 5.82 Å². The summed E-state index contributed by atoms with van der Waals surface area (Å²) in [6.07, 6.45) is 0. The van der Waals surface area contributed by atoms with Crippen LogP contribution in [0.3, 0.4) is 0 Å². The molecule has 0 aliphatic carbocycles. The minimum Gasteiger partial charge on any atom is -0.367 e. The normalized spacial score (nSPS) is 11.5. The van der Waals surface area contributed by atoms with Crippen molar-refractivity contribution in [3.8, 4) is 11.5 Å². The Labute approximate surface area is 145 Å². The first-order chi connectivity index (χ1) is 12.2. The molecule has 2 heterocycles. The molecular formula is C19H20N6. The molecule has 0 radical (unpaired) electrons. The van der Waals surface area contributed by atoms with Crippen molar-refractivity contribution in [1.29, 1.82) is 0 Å². The highest BCUT2D eigenvalue weighted by Crippen LogP contribution is 2.26. The average molecular weight is 332 g/mol. The van der Waals surface area contributed by atoms with E-state index in [1.807, 2.05) is 62.6 Å².